The molecule has 8 heteroatoms. The predicted molar refractivity (Wildman–Crippen MR) is 94.2 cm³/mol. The number of hydrogen-bond donors (Lipinski definition) is 3. The number of nitrogens with one attached hydrogen (secondary N) is 2. The Kier molecular flexibility index (Phi) is 6.52. The fraction of sp³-hybridized carbons (Fsp3) is 0.556. The summed E-state index contributed by atoms with van der Waals surface area (Å²) in [5.41, 5.74) is 5.20. The molecule has 1 fully saturated rings. The minimum absolute atomic E-state index is 0.0351. The summed E-state index contributed by atoms with van der Waals surface area (Å²) in [5, 5.41) is 5.57. The van der Waals surface area contributed by atoms with Crippen LogP contribution in [0.5, 0.6) is 0 Å². The molecule has 0 saturated carbocycles. The van der Waals surface area contributed by atoms with Crippen LogP contribution in [0.3, 0.4) is 0 Å². The van der Waals surface area contributed by atoms with E-state index in [1.54, 1.807) is 19.9 Å². The van der Waals surface area contributed by atoms with Crippen LogP contribution in [-0.4, -0.2) is 42.5 Å². The first-order chi connectivity index (χ1) is 12.2. The largest absolute Gasteiger partial charge is 0.369 e. The molecule has 2 rings (SSSR count). The van der Waals surface area contributed by atoms with Gasteiger partial charge >= 0.3 is 6.03 Å². The van der Waals surface area contributed by atoms with Crippen molar-refractivity contribution in [1.82, 2.24) is 15.5 Å². The Morgan fingerprint density at radius 3 is 2.46 bits per heavy atom. The summed E-state index contributed by atoms with van der Waals surface area (Å²) in [6.45, 7) is 5.55. The Hall–Kier alpha value is -2.22. The molecule has 26 heavy (non-hydrogen) atoms. The normalized spacial score (nSPS) is 16.3. The zero-order valence-corrected chi connectivity index (χ0v) is 15.1. The molecule has 1 aliphatic heterocycles. The molecular formula is C18H26F2N4O2. The average Bonchev–Trinajstić information content (AvgIpc) is 2.58. The second-order valence-electron chi connectivity index (χ2n) is 7.37. The van der Waals surface area contributed by atoms with E-state index in [9.17, 15) is 18.4 Å². The number of amides is 3. The van der Waals surface area contributed by atoms with E-state index in [4.69, 9.17) is 5.73 Å². The van der Waals surface area contributed by atoms with Crippen LogP contribution < -0.4 is 16.4 Å². The number of piperidine rings is 1. The van der Waals surface area contributed by atoms with Gasteiger partial charge in [0.15, 0.2) is 11.6 Å². The molecule has 1 aromatic carbocycles. The number of carbonyl (C=O) groups excluding carboxylic acids is 2. The quantitative estimate of drug-likeness (QED) is 0.715. The Labute approximate surface area is 152 Å². The molecule has 144 valence electrons. The molecule has 4 N–H and O–H groups in total. The van der Waals surface area contributed by atoms with Crippen molar-refractivity contribution in [2.45, 2.75) is 39.3 Å². The molecule has 1 aromatic rings. The molecule has 6 nitrogen and oxygen atoms in total. The van der Waals surface area contributed by atoms with Crippen molar-refractivity contribution in [3.05, 3.63) is 35.4 Å². The number of rotatable bonds is 6. The Balaban J connectivity index is 1.73. The van der Waals surface area contributed by atoms with Crippen molar-refractivity contribution in [3.63, 3.8) is 0 Å². The lowest BCUT2D eigenvalue weighted by atomic mass is 9.93. The first-order valence-corrected chi connectivity index (χ1v) is 8.68. The lowest BCUT2D eigenvalue weighted by Crippen LogP contribution is -2.50. The summed E-state index contributed by atoms with van der Waals surface area (Å²) in [4.78, 5) is 25.3. The van der Waals surface area contributed by atoms with Gasteiger partial charge in [-0.1, -0.05) is 6.07 Å². The molecule has 1 heterocycles. The fourth-order valence-electron chi connectivity index (χ4n) is 2.76. The van der Waals surface area contributed by atoms with Crippen LogP contribution in [0.4, 0.5) is 13.6 Å². The first kappa shape index (κ1) is 20.1. The third kappa shape index (κ3) is 5.66. The highest BCUT2D eigenvalue weighted by Crippen LogP contribution is 2.16. The number of nitrogens with zero attached hydrogens (tertiary/aromatic N) is 1. The molecule has 1 saturated heterocycles. The number of nitrogens with two attached hydrogens (primary N) is 1. The number of hydrogen-bond acceptors (Lipinski definition) is 3. The van der Waals surface area contributed by atoms with Crippen LogP contribution >= 0.6 is 0 Å². The molecule has 0 unspecified atom stereocenters. The minimum atomic E-state index is -0.845. The van der Waals surface area contributed by atoms with Crippen molar-refractivity contribution in [2.24, 2.45) is 11.1 Å². The lowest BCUT2D eigenvalue weighted by Gasteiger charge is -2.32. The highest BCUT2D eigenvalue weighted by atomic mass is 19.2. The van der Waals surface area contributed by atoms with E-state index < -0.39 is 23.0 Å². The highest BCUT2D eigenvalue weighted by Gasteiger charge is 2.26. The molecule has 3 amide bonds. The van der Waals surface area contributed by atoms with E-state index in [1.807, 2.05) is 0 Å². The van der Waals surface area contributed by atoms with E-state index in [0.29, 0.717) is 6.54 Å². The standard InChI is InChI=1S/C18H26F2N4O2/c1-18(2,16(21)25)11-22-17(26)23-13-5-7-24(8-6-13)10-12-3-4-14(19)15(20)9-12/h3-4,9,13H,5-8,10-11H2,1-2H3,(H2,21,25)(H2,22,23,26). The van der Waals surface area contributed by atoms with Crippen molar-refractivity contribution < 1.29 is 18.4 Å². The summed E-state index contributed by atoms with van der Waals surface area (Å²) >= 11 is 0. The second-order valence-corrected chi connectivity index (χ2v) is 7.37. The number of halogens is 2. The summed E-state index contributed by atoms with van der Waals surface area (Å²) in [7, 11) is 0. The van der Waals surface area contributed by atoms with Gasteiger partial charge < -0.3 is 16.4 Å². The maximum absolute atomic E-state index is 13.3. The van der Waals surface area contributed by atoms with Gasteiger partial charge in [0, 0.05) is 32.2 Å². The van der Waals surface area contributed by atoms with E-state index in [1.165, 1.54) is 6.07 Å². The van der Waals surface area contributed by atoms with E-state index in [0.717, 1.165) is 37.6 Å². The van der Waals surface area contributed by atoms with Gasteiger partial charge in [-0.15, -0.1) is 0 Å². The topological polar surface area (TPSA) is 87.5 Å². The third-order valence-electron chi connectivity index (χ3n) is 4.67. The maximum atomic E-state index is 13.3. The number of urea groups is 1. The Morgan fingerprint density at radius 1 is 1.23 bits per heavy atom. The number of primary amides is 1. The van der Waals surface area contributed by atoms with Gasteiger partial charge in [-0.3, -0.25) is 9.69 Å². The molecule has 0 bridgehead atoms. The van der Waals surface area contributed by atoms with Gasteiger partial charge in [-0.2, -0.15) is 0 Å². The van der Waals surface area contributed by atoms with Crippen molar-refractivity contribution >= 4 is 11.9 Å². The van der Waals surface area contributed by atoms with Gasteiger partial charge in [-0.25, -0.2) is 13.6 Å². The molecule has 1 aliphatic rings. The lowest BCUT2D eigenvalue weighted by molar-refractivity contribution is -0.125. The summed E-state index contributed by atoms with van der Waals surface area (Å²) < 4.78 is 26.2. The zero-order chi connectivity index (χ0) is 19.3. The Bertz CT molecular complexity index is 659. The average molecular weight is 368 g/mol. The predicted octanol–water partition coefficient (Wildman–Crippen LogP) is 1.74. The molecular weight excluding hydrogens is 342 g/mol. The highest BCUT2D eigenvalue weighted by molar-refractivity contribution is 5.81. The molecule has 0 aliphatic carbocycles. The van der Waals surface area contributed by atoms with Gasteiger partial charge in [0.05, 0.1) is 5.41 Å². The first-order valence-electron chi connectivity index (χ1n) is 8.68. The van der Waals surface area contributed by atoms with E-state index in [2.05, 4.69) is 15.5 Å². The second kappa shape index (κ2) is 8.44. The molecule has 0 aromatic heterocycles. The minimum Gasteiger partial charge on any atom is -0.369 e. The summed E-state index contributed by atoms with van der Waals surface area (Å²) in [6, 6.07) is 3.65. The van der Waals surface area contributed by atoms with Gasteiger partial charge in [0.25, 0.3) is 0 Å². The summed E-state index contributed by atoms with van der Waals surface area (Å²) in [6.07, 6.45) is 1.52. The van der Waals surface area contributed by atoms with Gasteiger partial charge in [-0.05, 0) is 44.4 Å². The number of likely N-dealkylation sites (tertiary alicyclic amines) is 1. The van der Waals surface area contributed by atoms with Crippen molar-refractivity contribution in [2.75, 3.05) is 19.6 Å². The molecule has 0 radical (unpaired) electrons. The van der Waals surface area contributed by atoms with Crippen LogP contribution in [0.1, 0.15) is 32.3 Å². The fourth-order valence-corrected chi connectivity index (χ4v) is 2.76. The van der Waals surface area contributed by atoms with E-state index >= 15 is 0 Å². The third-order valence-corrected chi connectivity index (χ3v) is 4.67. The number of benzene rings is 1. The molecule has 0 spiro atoms. The van der Waals surface area contributed by atoms with Gasteiger partial charge in [0.1, 0.15) is 0 Å². The van der Waals surface area contributed by atoms with Gasteiger partial charge in [0.2, 0.25) is 5.91 Å². The smallest absolute Gasteiger partial charge is 0.315 e. The summed E-state index contributed by atoms with van der Waals surface area (Å²) in [5.74, 6) is -2.15. The van der Waals surface area contributed by atoms with Crippen LogP contribution in [0.15, 0.2) is 18.2 Å². The van der Waals surface area contributed by atoms with Crippen molar-refractivity contribution in [1.29, 1.82) is 0 Å². The van der Waals surface area contributed by atoms with Crippen LogP contribution in [0.25, 0.3) is 0 Å². The monoisotopic (exact) mass is 368 g/mol. The Morgan fingerprint density at radius 2 is 1.88 bits per heavy atom. The maximum Gasteiger partial charge on any atom is 0.315 e. The van der Waals surface area contributed by atoms with Crippen LogP contribution in [0, 0.1) is 17.0 Å². The van der Waals surface area contributed by atoms with Crippen LogP contribution in [-0.2, 0) is 11.3 Å². The SMILES string of the molecule is CC(C)(CNC(=O)NC1CCN(Cc2ccc(F)c(F)c2)CC1)C(N)=O. The number of carbonyl (C=O) groups is 2. The zero-order valence-electron chi connectivity index (χ0n) is 15.1. The molecule has 0 atom stereocenters. The van der Waals surface area contributed by atoms with E-state index in [-0.39, 0.29) is 18.6 Å². The van der Waals surface area contributed by atoms with Crippen molar-refractivity contribution in [3.8, 4) is 0 Å². The van der Waals surface area contributed by atoms with Crippen LogP contribution in [0.2, 0.25) is 0 Å².